The molecule has 2 N–H and O–H groups in total. The van der Waals surface area contributed by atoms with Crippen molar-refractivity contribution in [3.8, 4) is 0 Å². The van der Waals surface area contributed by atoms with E-state index in [1.165, 1.54) is 5.56 Å². The maximum absolute atomic E-state index is 11.9. The topological polar surface area (TPSA) is 53.5 Å². The number of carbonyl (C=O) groups is 1. The number of aryl methyl sites for hydroxylation is 4. The third-order valence-electron chi connectivity index (χ3n) is 3.71. The molecule has 4 heteroatoms. The number of hydrogen-bond acceptors (Lipinski definition) is 3. The maximum Gasteiger partial charge on any atom is 0.259 e. The second-order valence-electron chi connectivity index (χ2n) is 5.77. The van der Waals surface area contributed by atoms with Gasteiger partial charge < -0.3 is 5.32 Å². The van der Waals surface area contributed by atoms with Crippen LogP contribution in [0.5, 0.6) is 0 Å². The first kappa shape index (κ1) is 16.7. The summed E-state index contributed by atoms with van der Waals surface area (Å²) in [6.45, 7) is 8.35. The number of amides is 1. The Hall–Kier alpha value is -2.62. The number of para-hydroxylation sites is 1. The highest BCUT2D eigenvalue weighted by Crippen LogP contribution is 2.14. The average Bonchev–Trinajstić information content (AvgIpc) is 2.49. The summed E-state index contributed by atoms with van der Waals surface area (Å²) in [4.78, 5) is 11.9. The number of hydrogen-bond donors (Lipinski definition) is 2. The normalized spacial score (nSPS) is 10.8. The van der Waals surface area contributed by atoms with E-state index in [4.69, 9.17) is 0 Å². The minimum absolute atomic E-state index is 0.174. The number of nitrogens with zero attached hydrogens (tertiary/aromatic N) is 1. The van der Waals surface area contributed by atoms with Crippen LogP contribution in [-0.2, 0) is 4.79 Å². The number of hydrazone groups is 1. The van der Waals surface area contributed by atoms with Crippen LogP contribution in [0.25, 0.3) is 0 Å². The molecule has 0 aliphatic rings. The van der Waals surface area contributed by atoms with E-state index in [9.17, 15) is 4.79 Å². The molecule has 23 heavy (non-hydrogen) atoms. The maximum atomic E-state index is 11.9. The Bertz CT molecular complexity index is 712. The summed E-state index contributed by atoms with van der Waals surface area (Å²) in [5.41, 5.74) is 9.19. The zero-order valence-corrected chi connectivity index (χ0v) is 14.1. The van der Waals surface area contributed by atoms with Crippen LogP contribution in [0.4, 0.5) is 5.69 Å². The molecule has 0 saturated carbocycles. The Morgan fingerprint density at radius 3 is 2.35 bits per heavy atom. The first-order valence-electron chi connectivity index (χ1n) is 7.66. The highest BCUT2D eigenvalue weighted by atomic mass is 16.2. The van der Waals surface area contributed by atoms with Crippen LogP contribution in [0.2, 0.25) is 0 Å². The van der Waals surface area contributed by atoms with Gasteiger partial charge in [0.15, 0.2) is 0 Å². The fourth-order valence-electron chi connectivity index (χ4n) is 2.55. The van der Waals surface area contributed by atoms with Crippen molar-refractivity contribution >= 4 is 17.8 Å². The zero-order valence-electron chi connectivity index (χ0n) is 14.1. The fourth-order valence-corrected chi connectivity index (χ4v) is 2.55. The van der Waals surface area contributed by atoms with Gasteiger partial charge in [0, 0.05) is 11.3 Å². The average molecular weight is 309 g/mol. The Balaban J connectivity index is 1.91. The summed E-state index contributed by atoms with van der Waals surface area (Å²) in [5, 5.41) is 7.17. The van der Waals surface area contributed by atoms with Crippen molar-refractivity contribution < 1.29 is 4.79 Å². The summed E-state index contributed by atoms with van der Waals surface area (Å²) in [6, 6.07) is 12.1. The van der Waals surface area contributed by atoms with Crippen LogP contribution in [0.3, 0.4) is 0 Å². The van der Waals surface area contributed by atoms with Crippen LogP contribution < -0.4 is 10.7 Å². The summed E-state index contributed by atoms with van der Waals surface area (Å²) in [6.07, 6.45) is 1.70. The summed E-state index contributed by atoms with van der Waals surface area (Å²) < 4.78 is 0. The second-order valence-corrected chi connectivity index (χ2v) is 5.77. The van der Waals surface area contributed by atoms with Gasteiger partial charge in [0.25, 0.3) is 5.91 Å². The van der Waals surface area contributed by atoms with E-state index >= 15 is 0 Å². The fraction of sp³-hybridized carbons (Fsp3) is 0.263. The molecule has 0 aliphatic heterocycles. The lowest BCUT2D eigenvalue weighted by molar-refractivity contribution is -0.119. The summed E-state index contributed by atoms with van der Waals surface area (Å²) in [5.74, 6) is -0.174. The van der Waals surface area contributed by atoms with Crippen molar-refractivity contribution in [1.29, 1.82) is 0 Å². The van der Waals surface area contributed by atoms with E-state index in [0.29, 0.717) is 0 Å². The molecular weight excluding hydrogens is 286 g/mol. The molecule has 0 bridgehead atoms. The van der Waals surface area contributed by atoms with Gasteiger partial charge in [0.1, 0.15) is 0 Å². The Morgan fingerprint density at radius 1 is 1.04 bits per heavy atom. The van der Waals surface area contributed by atoms with Crippen molar-refractivity contribution in [3.63, 3.8) is 0 Å². The van der Waals surface area contributed by atoms with Crippen LogP contribution in [0.15, 0.2) is 41.5 Å². The van der Waals surface area contributed by atoms with Crippen molar-refractivity contribution in [2.24, 2.45) is 5.10 Å². The smallest absolute Gasteiger partial charge is 0.259 e. The predicted octanol–water partition coefficient (Wildman–Crippen LogP) is 3.48. The van der Waals surface area contributed by atoms with Crippen LogP contribution in [-0.4, -0.2) is 18.7 Å². The van der Waals surface area contributed by atoms with Gasteiger partial charge in [-0.2, -0.15) is 5.10 Å². The largest absolute Gasteiger partial charge is 0.376 e. The number of anilines is 1. The molecule has 1 amide bonds. The molecule has 0 aliphatic carbocycles. The Morgan fingerprint density at radius 2 is 1.70 bits per heavy atom. The van der Waals surface area contributed by atoms with Gasteiger partial charge in [-0.15, -0.1) is 0 Å². The van der Waals surface area contributed by atoms with Gasteiger partial charge in [-0.05, 0) is 50.5 Å². The van der Waals surface area contributed by atoms with Gasteiger partial charge in [0.05, 0.1) is 12.8 Å². The van der Waals surface area contributed by atoms with E-state index in [1.54, 1.807) is 6.21 Å². The number of benzene rings is 2. The van der Waals surface area contributed by atoms with Gasteiger partial charge >= 0.3 is 0 Å². The molecule has 2 aromatic rings. The second kappa shape index (κ2) is 7.58. The van der Waals surface area contributed by atoms with E-state index in [2.05, 4.69) is 34.9 Å². The third kappa shape index (κ3) is 4.68. The highest BCUT2D eigenvalue weighted by molar-refractivity contribution is 5.86. The first-order valence-corrected chi connectivity index (χ1v) is 7.66. The quantitative estimate of drug-likeness (QED) is 0.656. The van der Waals surface area contributed by atoms with E-state index in [-0.39, 0.29) is 12.5 Å². The SMILES string of the molecule is Cc1cc(C)c(C=NNC(=O)CNc2ccccc2C)c(C)c1. The molecule has 0 spiro atoms. The Kier molecular flexibility index (Phi) is 5.52. The van der Waals surface area contributed by atoms with Crippen molar-refractivity contribution in [3.05, 3.63) is 64.2 Å². The van der Waals surface area contributed by atoms with Crippen LogP contribution in [0.1, 0.15) is 27.8 Å². The highest BCUT2D eigenvalue weighted by Gasteiger charge is 2.03. The van der Waals surface area contributed by atoms with Gasteiger partial charge in [-0.3, -0.25) is 4.79 Å². The van der Waals surface area contributed by atoms with Gasteiger partial charge in [0.2, 0.25) is 0 Å². The number of nitrogens with one attached hydrogen (secondary N) is 2. The molecule has 0 heterocycles. The molecule has 0 saturated heterocycles. The van der Waals surface area contributed by atoms with Crippen molar-refractivity contribution in [2.45, 2.75) is 27.7 Å². The standard InChI is InChI=1S/C19H23N3O/c1-13-9-15(3)17(16(4)10-13)11-21-22-19(23)12-20-18-8-6-5-7-14(18)2/h5-11,20H,12H2,1-4H3,(H,22,23). The van der Waals surface area contributed by atoms with Crippen LogP contribution >= 0.6 is 0 Å². The molecule has 0 unspecified atom stereocenters. The zero-order chi connectivity index (χ0) is 16.8. The minimum Gasteiger partial charge on any atom is -0.376 e. The predicted molar refractivity (Wildman–Crippen MR) is 96.1 cm³/mol. The summed E-state index contributed by atoms with van der Waals surface area (Å²) >= 11 is 0. The van der Waals surface area contributed by atoms with E-state index in [1.807, 2.05) is 45.0 Å². The van der Waals surface area contributed by atoms with Crippen LogP contribution in [0, 0.1) is 27.7 Å². The molecule has 2 aromatic carbocycles. The molecule has 120 valence electrons. The van der Waals surface area contributed by atoms with E-state index in [0.717, 1.165) is 27.9 Å². The molecule has 0 aromatic heterocycles. The lowest BCUT2D eigenvalue weighted by Gasteiger charge is -2.08. The van der Waals surface area contributed by atoms with Gasteiger partial charge in [-0.25, -0.2) is 5.43 Å². The summed E-state index contributed by atoms with van der Waals surface area (Å²) in [7, 11) is 0. The third-order valence-corrected chi connectivity index (χ3v) is 3.71. The van der Waals surface area contributed by atoms with Gasteiger partial charge in [-0.1, -0.05) is 35.9 Å². The molecule has 0 atom stereocenters. The monoisotopic (exact) mass is 309 g/mol. The Labute approximate surface area is 137 Å². The molecule has 4 nitrogen and oxygen atoms in total. The first-order chi connectivity index (χ1) is 11.0. The minimum atomic E-state index is -0.174. The number of rotatable bonds is 5. The number of carbonyl (C=O) groups excluding carboxylic acids is 1. The molecule has 0 radical (unpaired) electrons. The molecular formula is C19H23N3O. The van der Waals surface area contributed by atoms with Crippen molar-refractivity contribution in [1.82, 2.24) is 5.43 Å². The van der Waals surface area contributed by atoms with E-state index < -0.39 is 0 Å². The molecule has 0 fully saturated rings. The molecule has 2 rings (SSSR count). The van der Waals surface area contributed by atoms with Crippen molar-refractivity contribution in [2.75, 3.05) is 11.9 Å². The lowest BCUT2D eigenvalue weighted by Crippen LogP contribution is -2.26. The lowest BCUT2D eigenvalue weighted by atomic mass is 10.0.